The van der Waals surface area contributed by atoms with Gasteiger partial charge in [0.25, 0.3) is 0 Å². The number of carbonyl (C=O) groups is 2. The number of nitrogens with zero attached hydrogens (tertiary/aromatic N) is 1. The van der Waals surface area contributed by atoms with Crippen molar-refractivity contribution in [3.8, 4) is 5.75 Å². The second-order valence-corrected chi connectivity index (χ2v) is 10.4. The quantitative estimate of drug-likeness (QED) is 0.160. The number of hydrogen-bond donors (Lipinski definition) is 2. The molecule has 0 fully saturated rings. The van der Waals surface area contributed by atoms with Crippen molar-refractivity contribution in [2.75, 3.05) is 52.5 Å². The number of rotatable bonds is 7. The zero-order valence-corrected chi connectivity index (χ0v) is 21.8. The van der Waals surface area contributed by atoms with Gasteiger partial charge < -0.3 is 24.8 Å². The van der Waals surface area contributed by atoms with Crippen molar-refractivity contribution in [2.24, 2.45) is 0 Å². The van der Waals surface area contributed by atoms with Crippen molar-refractivity contribution in [2.45, 2.75) is 0 Å². The van der Waals surface area contributed by atoms with Crippen LogP contribution in [0.15, 0.2) is 60.7 Å². The molecule has 0 amide bonds. The zero-order valence-electron chi connectivity index (χ0n) is 21.0. The number of quaternary nitrogens is 1. The molecule has 0 atom stereocenters. The summed E-state index contributed by atoms with van der Waals surface area (Å²) in [6.45, 7) is 1.18. The molecule has 10 nitrogen and oxygen atoms in total. The van der Waals surface area contributed by atoms with Crippen molar-refractivity contribution in [1.82, 2.24) is 0 Å². The molecule has 0 heterocycles. The maximum Gasteiger partial charge on any atom is 0.217 e. The molecule has 0 bridgehead atoms. The van der Waals surface area contributed by atoms with Gasteiger partial charge >= 0.3 is 0 Å². The predicted molar refractivity (Wildman–Crippen MR) is 139 cm³/mol. The summed E-state index contributed by atoms with van der Waals surface area (Å²) < 4.78 is 37.7. The number of hydrogen-bond acceptors (Lipinski definition) is 9. The first-order valence-corrected chi connectivity index (χ1v) is 12.6. The Kier molecular flexibility index (Phi) is 8.34. The Bertz CT molecular complexity index is 1420. The molecule has 196 valence electrons. The summed E-state index contributed by atoms with van der Waals surface area (Å²) in [5, 5.41) is 3.28. The van der Waals surface area contributed by atoms with Gasteiger partial charge in [-0.3, -0.25) is 13.8 Å². The molecule has 4 rings (SSSR count). The summed E-state index contributed by atoms with van der Waals surface area (Å²) in [5.41, 5.74) is 9.12. The van der Waals surface area contributed by atoms with E-state index in [-0.39, 0.29) is 28.4 Å². The number of likely N-dealkylation sites (N-methyl/N-ethyl adjacent to an activating group) is 1. The molecule has 3 N–H and O–H groups in total. The predicted octanol–water partition coefficient (Wildman–Crippen LogP) is 2.97. The standard InChI is InChI=1S/C25H25N3O3.CH4O4S/c1-28(2,3)13-14-31-20-15-19(27-16-9-5-4-6-10-16)21-22(23(20)26)25(30)18-12-8-7-11-17(18)24(21)29;1-5-6(2,3)4/h4-12,15H,13-14H2,1-3H3,(H2-,26,27,29,30);1H3,(H,2,3,4). The molecule has 0 saturated carbocycles. The van der Waals surface area contributed by atoms with Crippen LogP contribution in [0, 0.1) is 0 Å². The fourth-order valence-electron chi connectivity index (χ4n) is 3.62. The number of ketones is 2. The van der Waals surface area contributed by atoms with Crippen molar-refractivity contribution in [1.29, 1.82) is 0 Å². The molecule has 0 aliphatic heterocycles. The van der Waals surface area contributed by atoms with E-state index in [1.165, 1.54) is 0 Å². The number of para-hydroxylation sites is 1. The fourth-order valence-corrected chi connectivity index (χ4v) is 3.62. The SMILES string of the molecule is COS(=O)(=O)[O-].C[N+](C)(C)CCOc1cc(Nc2ccccc2)c2c(c1N)C(=O)c1ccccc1C2=O. The highest BCUT2D eigenvalue weighted by Gasteiger charge is 2.35. The molecular formula is C26H29N3O7S. The molecule has 1 aliphatic rings. The van der Waals surface area contributed by atoms with E-state index in [4.69, 9.17) is 10.5 Å². The Hall–Kier alpha value is -3.77. The Morgan fingerprint density at radius 1 is 0.919 bits per heavy atom. The van der Waals surface area contributed by atoms with Crippen LogP contribution < -0.4 is 15.8 Å². The van der Waals surface area contributed by atoms with Gasteiger partial charge in [-0.2, -0.15) is 0 Å². The average Bonchev–Trinajstić information content (AvgIpc) is 2.84. The molecule has 37 heavy (non-hydrogen) atoms. The van der Waals surface area contributed by atoms with E-state index in [0.717, 1.165) is 23.8 Å². The number of anilines is 3. The van der Waals surface area contributed by atoms with E-state index in [1.54, 1.807) is 30.3 Å². The number of carbonyl (C=O) groups excluding carboxylic acids is 2. The van der Waals surface area contributed by atoms with Crippen LogP contribution >= 0.6 is 0 Å². The van der Waals surface area contributed by atoms with E-state index in [2.05, 4.69) is 30.6 Å². The van der Waals surface area contributed by atoms with Crippen molar-refractivity contribution in [3.63, 3.8) is 0 Å². The largest absolute Gasteiger partial charge is 0.726 e. The highest BCUT2D eigenvalue weighted by molar-refractivity contribution is 7.80. The van der Waals surface area contributed by atoms with Crippen LogP contribution in [0.2, 0.25) is 0 Å². The summed E-state index contributed by atoms with van der Waals surface area (Å²) in [7, 11) is 2.61. The van der Waals surface area contributed by atoms with Crippen molar-refractivity contribution >= 4 is 39.0 Å². The van der Waals surface area contributed by atoms with Gasteiger partial charge in [-0.05, 0) is 12.1 Å². The minimum atomic E-state index is -4.41. The molecule has 0 saturated heterocycles. The lowest BCUT2D eigenvalue weighted by molar-refractivity contribution is -0.870. The molecule has 0 radical (unpaired) electrons. The van der Waals surface area contributed by atoms with Gasteiger partial charge in [0.15, 0.2) is 11.6 Å². The van der Waals surface area contributed by atoms with Crippen LogP contribution in [0.1, 0.15) is 31.8 Å². The molecule has 0 spiro atoms. The minimum absolute atomic E-state index is 0.197. The molecule has 0 unspecified atom stereocenters. The molecule has 0 aromatic heterocycles. The third-order valence-corrected chi connectivity index (χ3v) is 5.88. The molecule has 11 heteroatoms. The molecule has 1 aliphatic carbocycles. The topological polar surface area (TPSA) is 148 Å². The Morgan fingerprint density at radius 3 is 1.95 bits per heavy atom. The lowest BCUT2D eigenvalue weighted by atomic mass is 9.82. The van der Waals surface area contributed by atoms with Gasteiger partial charge in [0.05, 0.1) is 50.8 Å². The third-order valence-electron chi connectivity index (χ3n) is 5.48. The fraction of sp³-hybridized carbons (Fsp3) is 0.231. The lowest BCUT2D eigenvalue weighted by Crippen LogP contribution is -2.38. The third kappa shape index (κ3) is 6.92. The van der Waals surface area contributed by atoms with Crippen LogP contribution in [-0.2, 0) is 14.6 Å². The number of nitrogens with two attached hydrogens (primary N) is 1. The number of fused-ring (bicyclic) bond motifs is 2. The minimum Gasteiger partial charge on any atom is -0.726 e. The second-order valence-electron chi connectivity index (χ2n) is 9.22. The molecule has 3 aromatic carbocycles. The number of ether oxygens (including phenoxy) is 1. The summed E-state index contributed by atoms with van der Waals surface area (Å²) in [4.78, 5) is 26.7. The Balaban J connectivity index is 0.000000568. The van der Waals surface area contributed by atoms with Gasteiger partial charge in [0, 0.05) is 22.9 Å². The van der Waals surface area contributed by atoms with Crippen LogP contribution in [0.4, 0.5) is 17.1 Å². The summed E-state index contributed by atoms with van der Waals surface area (Å²) in [5.74, 6) is -0.102. The summed E-state index contributed by atoms with van der Waals surface area (Å²) in [6, 6.07) is 18.0. The Morgan fingerprint density at radius 2 is 1.43 bits per heavy atom. The first-order valence-electron chi connectivity index (χ1n) is 11.2. The average molecular weight is 528 g/mol. The lowest BCUT2D eigenvalue weighted by Gasteiger charge is -2.26. The normalized spacial score (nSPS) is 12.7. The molecule has 3 aromatic rings. The van der Waals surface area contributed by atoms with Crippen LogP contribution in [-0.4, -0.2) is 70.4 Å². The van der Waals surface area contributed by atoms with E-state index < -0.39 is 10.4 Å². The van der Waals surface area contributed by atoms with Gasteiger partial charge in [-0.1, -0.05) is 42.5 Å². The van der Waals surface area contributed by atoms with E-state index >= 15 is 0 Å². The van der Waals surface area contributed by atoms with Gasteiger partial charge in [-0.15, -0.1) is 0 Å². The van der Waals surface area contributed by atoms with Crippen LogP contribution in [0.5, 0.6) is 5.75 Å². The number of nitrogens with one attached hydrogen (secondary N) is 1. The first kappa shape index (κ1) is 27.8. The van der Waals surface area contributed by atoms with E-state index in [9.17, 15) is 22.6 Å². The highest BCUT2D eigenvalue weighted by Crippen LogP contribution is 2.41. The zero-order chi connectivity index (χ0) is 27.4. The smallest absolute Gasteiger partial charge is 0.217 e. The highest BCUT2D eigenvalue weighted by atomic mass is 32.3. The maximum absolute atomic E-state index is 13.4. The number of nitrogen functional groups attached to an aromatic ring is 1. The monoisotopic (exact) mass is 527 g/mol. The maximum atomic E-state index is 13.4. The van der Waals surface area contributed by atoms with E-state index in [0.29, 0.717) is 29.2 Å². The Labute approximate surface area is 216 Å². The summed E-state index contributed by atoms with van der Waals surface area (Å²) in [6.07, 6.45) is 0. The van der Waals surface area contributed by atoms with Gasteiger partial charge in [0.2, 0.25) is 10.4 Å². The number of benzene rings is 3. The van der Waals surface area contributed by atoms with Gasteiger partial charge in [0.1, 0.15) is 18.9 Å². The molecular weight excluding hydrogens is 498 g/mol. The van der Waals surface area contributed by atoms with Crippen LogP contribution in [0.3, 0.4) is 0 Å². The van der Waals surface area contributed by atoms with Crippen molar-refractivity contribution < 1.29 is 36.0 Å². The second kappa shape index (κ2) is 11.1. The van der Waals surface area contributed by atoms with Gasteiger partial charge in [-0.25, -0.2) is 8.42 Å². The van der Waals surface area contributed by atoms with Crippen molar-refractivity contribution in [3.05, 3.63) is 82.9 Å². The summed E-state index contributed by atoms with van der Waals surface area (Å²) >= 11 is 0. The van der Waals surface area contributed by atoms with Crippen LogP contribution in [0.25, 0.3) is 0 Å². The first-order chi connectivity index (χ1) is 17.3. The van der Waals surface area contributed by atoms with E-state index in [1.807, 2.05) is 30.3 Å².